The predicted molar refractivity (Wildman–Crippen MR) is 94.1 cm³/mol. The van der Waals surface area contributed by atoms with Crippen LogP contribution in [0.25, 0.3) is 0 Å². The van der Waals surface area contributed by atoms with Crippen LogP contribution in [0.4, 0.5) is 0 Å². The van der Waals surface area contributed by atoms with Gasteiger partial charge in [0.05, 0.1) is 12.7 Å². The Morgan fingerprint density at radius 2 is 2.15 bits per heavy atom. The van der Waals surface area contributed by atoms with Crippen molar-refractivity contribution in [2.75, 3.05) is 33.8 Å². The van der Waals surface area contributed by atoms with E-state index in [1.807, 2.05) is 19.0 Å². The monoisotopic (exact) mass is 408 g/mol. The Bertz CT molecular complexity index is 788. The fourth-order valence-corrected chi connectivity index (χ4v) is 2.94. The molecule has 12 nitrogen and oxygen atoms in total. The maximum Gasteiger partial charge on any atom is 0.469 e. The second-order valence-electron chi connectivity index (χ2n) is 6.52. The number of phosphoric acid groups is 1. The van der Waals surface area contributed by atoms with Crippen molar-refractivity contribution >= 4 is 7.82 Å². The van der Waals surface area contributed by atoms with Gasteiger partial charge in [0.2, 0.25) is 0 Å². The van der Waals surface area contributed by atoms with Crippen LogP contribution >= 0.6 is 7.82 Å². The van der Waals surface area contributed by atoms with Gasteiger partial charge < -0.3 is 29.8 Å². The molecule has 0 aromatic carbocycles. The highest BCUT2D eigenvalue weighted by atomic mass is 31.2. The highest BCUT2D eigenvalue weighted by Gasteiger charge is 2.37. The van der Waals surface area contributed by atoms with Crippen LogP contribution in [0, 0.1) is 0 Å². The molecule has 0 spiro atoms. The molecule has 2 heterocycles. The van der Waals surface area contributed by atoms with Crippen molar-refractivity contribution in [1.82, 2.24) is 19.8 Å². The molecule has 1 aromatic rings. The molecule has 0 amide bonds. The minimum absolute atomic E-state index is 0.00857. The zero-order chi connectivity index (χ0) is 20.2. The van der Waals surface area contributed by atoms with Gasteiger partial charge in [0.25, 0.3) is 5.56 Å². The maximum absolute atomic E-state index is 12.1. The third-order valence-electron chi connectivity index (χ3n) is 4.01. The van der Waals surface area contributed by atoms with Crippen LogP contribution in [0.1, 0.15) is 18.2 Å². The molecule has 2 rings (SSSR count). The average molecular weight is 408 g/mol. The molecular formula is C14H25N4O8P. The van der Waals surface area contributed by atoms with Crippen LogP contribution < -0.4 is 16.6 Å². The first-order chi connectivity index (χ1) is 12.6. The quantitative estimate of drug-likeness (QED) is 0.227. The first-order valence-electron chi connectivity index (χ1n) is 8.30. The van der Waals surface area contributed by atoms with E-state index < -0.39 is 44.1 Å². The summed E-state index contributed by atoms with van der Waals surface area (Å²) < 4.78 is 21.8. The summed E-state index contributed by atoms with van der Waals surface area (Å²) in [6, 6.07) is 0. The van der Waals surface area contributed by atoms with Crippen LogP contribution in [0.5, 0.6) is 0 Å². The zero-order valence-corrected chi connectivity index (χ0v) is 16.0. The van der Waals surface area contributed by atoms with E-state index in [0.717, 1.165) is 11.1 Å². The van der Waals surface area contributed by atoms with Gasteiger partial charge in [0, 0.05) is 37.8 Å². The summed E-state index contributed by atoms with van der Waals surface area (Å²) in [5.74, 6) is 0. The van der Waals surface area contributed by atoms with E-state index in [2.05, 4.69) is 14.8 Å². The van der Waals surface area contributed by atoms with Gasteiger partial charge >= 0.3 is 13.5 Å². The van der Waals surface area contributed by atoms with Crippen LogP contribution in [0.3, 0.4) is 0 Å². The van der Waals surface area contributed by atoms with E-state index >= 15 is 0 Å². The number of nitrogens with zero attached hydrogens (tertiary/aromatic N) is 2. The summed E-state index contributed by atoms with van der Waals surface area (Å²) >= 11 is 0. The van der Waals surface area contributed by atoms with E-state index in [9.17, 15) is 19.3 Å². The standard InChI is InChI=1S/C14H25N4O8P/c1-17(2)4-3-15-6-9-7-18(14(21)16-13(9)20)12-5-10(19)11(26-12)8-25-27(22,23)24/h7,10-12,15,19H,3-6,8H2,1-2H3,(H,16,20,21)(H2,22,23,24)/t10-,11+,12+/m0/s1. The van der Waals surface area contributed by atoms with Gasteiger partial charge in [0.1, 0.15) is 12.3 Å². The summed E-state index contributed by atoms with van der Waals surface area (Å²) in [5.41, 5.74) is -0.902. The lowest BCUT2D eigenvalue weighted by Gasteiger charge is -2.17. The first kappa shape index (κ1) is 21.9. The number of nitrogens with one attached hydrogen (secondary N) is 2. The minimum atomic E-state index is -4.70. The Kier molecular flexibility index (Phi) is 7.48. The lowest BCUT2D eigenvalue weighted by Crippen LogP contribution is -2.36. The highest BCUT2D eigenvalue weighted by molar-refractivity contribution is 7.46. The molecule has 1 fully saturated rings. The van der Waals surface area contributed by atoms with E-state index in [1.54, 1.807) is 0 Å². The number of aromatic nitrogens is 2. The molecule has 0 radical (unpaired) electrons. The lowest BCUT2D eigenvalue weighted by atomic mass is 10.2. The smallest absolute Gasteiger partial charge is 0.390 e. The van der Waals surface area contributed by atoms with Gasteiger partial charge in [-0.25, -0.2) is 9.36 Å². The Labute approximate surface area is 155 Å². The first-order valence-corrected chi connectivity index (χ1v) is 9.83. The van der Waals surface area contributed by atoms with Gasteiger partial charge in [-0.2, -0.15) is 0 Å². The summed E-state index contributed by atoms with van der Waals surface area (Å²) in [6.45, 7) is 1.13. The van der Waals surface area contributed by atoms with Gasteiger partial charge in [-0.05, 0) is 14.1 Å². The molecule has 0 unspecified atom stereocenters. The Hall–Kier alpha value is -1.37. The fraction of sp³-hybridized carbons (Fsp3) is 0.714. The van der Waals surface area contributed by atoms with Crippen LogP contribution in [-0.2, 0) is 20.4 Å². The predicted octanol–water partition coefficient (Wildman–Crippen LogP) is -2.05. The number of ether oxygens (including phenoxy) is 1. The van der Waals surface area contributed by atoms with Crippen molar-refractivity contribution in [3.05, 3.63) is 32.6 Å². The van der Waals surface area contributed by atoms with E-state index in [1.165, 1.54) is 6.20 Å². The maximum atomic E-state index is 12.1. The van der Waals surface area contributed by atoms with Crippen molar-refractivity contribution in [1.29, 1.82) is 0 Å². The summed E-state index contributed by atoms with van der Waals surface area (Å²) in [7, 11) is -0.861. The molecule has 3 atom stereocenters. The molecule has 1 aliphatic heterocycles. The van der Waals surface area contributed by atoms with Crippen molar-refractivity contribution in [3.63, 3.8) is 0 Å². The second kappa shape index (κ2) is 9.22. The number of hydrogen-bond donors (Lipinski definition) is 5. The van der Waals surface area contributed by atoms with Crippen molar-refractivity contribution in [2.45, 2.75) is 31.4 Å². The third-order valence-corrected chi connectivity index (χ3v) is 4.50. The van der Waals surface area contributed by atoms with Crippen molar-refractivity contribution < 1.29 is 28.7 Å². The normalized spacial score (nSPS) is 23.3. The van der Waals surface area contributed by atoms with E-state index in [0.29, 0.717) is 12.1 Å². The van der Waals surface area contributed by atoms with E-state index in [4.69, 9.17) is 14.5 Å². The number of aliphatic hydroxyl groups is 1. The Balaban J connectivity index is 2.07. The summed E-state index contributed by atoms with van der Waals surface area (Å²) in [4.78, 5) is 45.7. The molecular weight excluding hydrogens is 383 g/mol. The average Bonchev–Trinajstić information content (AvgIpc) is 2.91. The molecule has 0 aliphatic carbocycles. The van der Waals surface area contributed by atoms with Crippen LogP contribution in [0.2, 0.25) is 0 Å². The Morgan fingerprint density at radius 3 is 2.78 bits per heavy atom. The second-order valence-corrected chi connectivity index (χ2v) is 7.76. The molecule has 1 saturated heterocycles. The van der Waals surface area contributed by atoms with Gasteiger partial charge in [0.15, 0.2) is 0 Å². The number of aliphatic hydroxyl groups excluding tert-OH is 1. The number of hydrogen-bond acceptors (Lipinski definition) is 8. The summed E-state index contributed by atoms with van der Waals surface area (Å²) in [5, 5.41) is 13.1. The molecule has 0 saturated carbocycles. The number of phosphoric ester groups is 1. The number of H-pyrrole nitrogens is 1. The summed E-state index contributed by atoms with van der Waals surface area (Å²) in [6.07, 6.45) is -1.62. The number of rotatable bonds is 9. The van der Waals surface area contributed by atoms with Crippen molar-refractivity contribution in [2.24, 2.45) is 0 Å². The SMILES string of the molecule is CN(C)CCNCc1cn([C@H]2C[C@H](O)[C@@H](COP(=O)(O)O)O2)c(=O)[nH]c1=O. The van der Waals surface area contributed by atoms with Gasteiger partial charge in [-0.3, -0.25) is 18.9 Å². The molecule has 5 N–H and O–H groups in total. The van der Waals surface area contributed by atoms with Gasteiger partial charge in [-0.15, -0.1) is 0 Å². The zero-order valence-electron chi connectivity index (χ0n) is 15.1. The molecule has 27 heavy (non-hydrogen) atoms. The highest BCUT2D eigenvalue weighted by Crippen LogP contribution is 2.38. The van der Waals surface area contributed by atoms with Crippen molar-refractivity contribution in [3.8, 4) is 0 Å². The van der Waals surface area contributed by atoms with E-state index in [-0.39, 0.29) is 13.0 Å². The van der Waals surface area contributed by atoms with Gasteiger partial charge in [-0.1, -0.05) is 0 Å². The lowest BCUT2D eigenvalue weighted by molar-refractivity contribution is -0.0451. The third kappa shape index (κ3) is 6.63. The number of likely N-dealkylation sites (N-methyl/N-ethyl adjacent to an activating group) is 1. The van der Waals surface area contributed by atoms with Crippen LogP contribution in [-0.4, -0.2) is 75.3 Å². The molecule has 154 valence electrons. The number of aromatic amines is 1. The topological polar surface area (TPSA) is 166 Å². The largest absolute Gasteiger partial charge is 0.469 e. The molecule has 1 aromatic heterocycles. The molecule has 1 aliphatic rings. The minimum Gasteiger partial charge on any atom is -0.390 e. The van der Waals surface area contributed by atoms with Crippen LogP contribution in [0.15, 0.2) is 15.8 Å². The molecule has 13 heteroatoms. The Morgan fingerprint density at radius 1 is 1.44 bits per heavy atom. The molecule has 0 bridgehead atoms. The fourth-order valence-electron chi connectivity index (χ4n) is 2.60.